The van der Waals surface area contributed by atoms with Crippen molar-refractivity contribution in [1.29, 1.82) is 0 Å². The maximum absolute atomic E-state index is 2.44. The zero-order valence-electron chi connectivity index (χ0n) is 14.4. The molecule has 0 bridgehead atoms. The maximum atomic E-state index is 2.44. The Hall–Kier alpha value is -3.06. The van der Waals surface area contributed by atoms with Crippen LogP contribution in [-0.4, -0.2) is 6.71 Å². The summed E-state index contributed by atoms with van der Waals surface area (Å²) in [5.74, 6) is 0. The molecule has 0 radical (unpaired) electrons. The number of fused-ring (bicyclic) bond motifs is 6. The van der Waals surface area contributed by atoms with E-state index in [1.54, 1.807) is 0 Å². The van der Waals surface area contributed by atoms with Crippen LogP contribution in [0.5, 0.6) is 0 Å². The zero-order chi connectivity index (χ0) is 17.1. The molecule has 26 heavy (non-hydrogen) atoms. The summed E-state index contributed by atoms with van der Waals surface area (Å²) in [4.78, 5) is 0. The van der Waals surface area contributed by atoms with Gasteiger partial charge >= 0.3 is 0 Å². The van der Waals surface area contributed by atoms with Gasteiger partial charge in [0.2, 0.25) is 6.71 Å². The lowest BCUT2D eigenvalue weighted by Gasteiger charge is -2.13. The van der Waals surface area contributed by atoms with Gasteiger partial charge in [0.1, 0.15) is 0 Å². The molecule has 0 N–H and O–H groups in total. The molecule has 0 aromatic heterocycles. The molecule has 0 amide bonds. The van der Waals surface area contributed by atoms with Crippen LogP contribution in [0.3, 0.4) is 0 Å². The second-order valence-electron chi connectivity index (χ2n) is 7.36. The van der Waals surface area contributed by atoms with Crippen molar-refractivity contribution in [3.63, 3.8) is 0 Å². The molecule has 6 rings (SSSR count). The largest absolute Gasteiger partial charge is 0.242 e. The molecule has 2 aliphatic rings. The van der Waals surface area contributed by atoms with Gasteiger partial charge in [-0.1, -0.05) is 107 Å². The lowest BCUT2D eigenvalue weighted by atomic mass is 9.39. The predicted molar refractivity (Wildman–Crippen MR) is 111 cm³/mol. The number of rotatable bonds is 1. The van der Waals surface area contributed by atoms with E-state index in [9.17, 15) is 0 Å². The topological polar surface area (TPSA) is 0 Å². The molecule has 1 aliphatic heterocycles. The second-order valence-corrected chi connectivity index (χ2v) is 7.36. The van der Waals surface area contributed by atoms with Gasteiger partial charge in [-0.2, -0.15) is 0 Å². The fraction of sp³-hybridized carbons (Fsp3) is 0.0400. The van der Waals surface area contributed by atoms with E-state index in [-0.39, 0.29) is 0 Å². The highest BCUT2D eigenvalue weighted by molar-refractivity contribution is 6.99. The molecule has 0 saturated carbocycles. The van der Waals surface area contributed by atoms with Crippen LogP contribution in [0.15, 0.2) is 91.0 Å². The van der Waals surface area contributed by atoms with Gasteiger partial charge in [-0.15, -0.1) is 0 Å². The monoisotopic (exact) mass is 328 g/mol. The van der Waals surface area contributed by atoms with Gasteiger partial charge in [0.15, 0.2) is 0 Å². The average Bonchev–Trinajstić information content (AvgIpc) is 3.23. The Labute approximate surface area is 154 Å². The predicted octanol–water partition coefficient (Wildman–Crippen LogP) is 3.75. The summed E-state index contributed by atoms with van der Waals surface area (Å²) in [6, 6.07) is 33.7. The minimum atomic E-state index is 0.334. The van der Waals surface area contributed by atoms with Crippen molar-refractivity contribution in [3.05, 3.63) is 102 Å². The van der Waals surface area contributed by atoms with Crippen LogP contribution in [0.2, 0.25) is 0 Å². The molecular weight excluding hydrogens is 311 g/mol. The van der Waals surface area contributed by atoms with E-state index in [0.29, 0.717) is 6.71 Å². The van der Waals surface area contributed by atoms with E-state index in [4.69, 9.17) is 0 Å². The maximum Gasteiger partial charge on any atom is 0.242 e. The quantitative estimate of drug-likeness (QED) is 0.403. The highest BCUT2D eigenvalue weighted by atomic mass is 14.2. The van der Waals surface area contributed by atoms with Crippen LogP contribution in [0, 0.1) is 0 Å². The van der Waals surface area contributed by atoms with Gasteiger partial charge in [0.05, 0.1) is 0 Å². The molecule has 1 heteroatoms. The Morgan fingerprint density at radius 1 is 0.500 bits per heavy atom. The van der Waals surface area contributed by atoms with Gasteiger partial charge in [-0.05, 0) is 39.8 Å². The Morgan fingerprint density at radius 2 is 1.08 bits per heavy atom. The van der Waals surface area contributed by atoms with E-state index >= 15 is 0 Å². The molecular formula is C25H17B. The Balaban J connectivity index is 1.58. The van der Waals surface area contributed by atoms with Crippen molar-refractivity contribution < 1.29 is 0 Å². The van der Waals surface area contributed by atoms with E-state index in [1.165, 1.54) is 49.8 Å². The lowest BCUT2D eigenvalue weighted by Crippen LogP contribution is -2.48. The third kappa shape index (κ3) is 1.86. The molecule has 120 valence electrons. The lowest BCUT2D eigenvalue weighted by molar-refractivity contribution is 1.26. The molecule has 1 heterocycles. The molecule has 1 aliphatic carbocycles. The van der Waals surface area contributed by atoms with E-state index in [1.807, 2.05) is 0 Å². The van der Waals surface area contributed by atoms with Gasteiger partial charge in [-0.25, -0.2) is 0 Å². The van der Waals surface area contributed by atoms with Gasteiger partial charge in [-0.3, -0.25) is 0 Å². The Morgan fingerprint density at radius 3 is 1.81 bits per heavy atom. The summed E-state index contributed by atoms with van der Waals surface area (Å²) >= 11 is 0. The van der Waals surface area contributed by atoms with Crippen molar-refractivity contribution in [2.24, 2.45) is 0 Å². The SMILES string of the molecule is c1ccc2c(c1)Cc1ccc(B3c4ccccc4-c4ccccc43)cc1-2. The fourth-order valence-corrected chi connectivity index (χ4v) is 4.84. The summed E-state index contributed by atoms with van der Waals surface area (Å²) < 4.78 is 0. The van der Waals surface area contributed by atoms with Crippen LogP contribution >= 0.6 is 0 Å². The first-order chi connectivity index (χ1) is 12.9. The average molecular weight is 328 g/mol. The third-order valence-electron chi connectivity index (χ3n) is 5.99. The van der Waals surface area contributed by atoms with Crippen molar-refractivity contribution in [3.8, 4) is 22.3 Å². The first kappa shape index (κ1) is 14.1. The van der Waals surface area contributed by atoms with Crippen LogP contribution in [0.1, 0.15) is 11.1 Å². The zero-order valence-corrected chi connectivity index (χ0v) is 14.4. The fourth-order valence-electron chi connectivity index (χ4n) is 4.84. The van der Waals surface area contributed by atoms with Crippen LogP contribution in [0.25, 0.3) is 22.3 Å². The Kier molecular flexibility index (Phi) is 2.84. The van der Waals surface area contributed by atoms with Crippen molar-refractivity contribution in [2.45, 2.75) is 6.42 Å². The number of hydrogen-bond donors (Lipinski definition) is 0. The molecule has 0 nitrogen and oxygen atoms in total. The van der Waals surface area contributed by atoms with E-state index in [0.717, 1.165) is 6.42 Å². The first-order valence-corrected chi connectivity index (χ1v) is 9.29. The molecule has 0 atom stereocenters. The summed E-state index contributed by atoms with van der Waals surface area (Å²) in [6.45, 7) is 0.334. The first-order valence-electron chi connectivity index (χ1n) is 9.29. The molecule has 0 fully saturated rings. The smallest absolute Gasteiger partial charge is 0.0680 e. The van der Waals surface area contributed by atoms with Crippen LogP contribution < -0.4 is 16.4 Å². The highest BCUT2D eigenvalue weighted by Crippen LogP contribution is 2.35. The van der Waals surface area contributed by atoms with Crippen molar-refractivity contribution in [2.75, 3.05) is 0 Å². The van der Waals surface area contributed by atoms with Gasteiger partial charge in [0.25, 0.3) is 0 Å². The van der Waals surface area contributed by atoms with Gasteiger partial charge in [0, 0.05) is 0 Å². The summed E-state index contributed by atoms with van der Waals surface area (Å²) in [6.07, 6.45) is 1.06. The molecule has 0 unspecified atom stereocenters. The molecule has 4 aromatic rings. The summed E-state index contributed by atoms with van der Waals surface area (Å²) in [7, 11) is 0. The minimum Gasteiger partial charge on any atom is -0.0680 e. The van der Waals surface area contributed by atoms with Crippen molar-refractivity contribution >= 4 is 23.1 Å². The highest BCUT2D eigenvalue weighted by Gasteiger charge is 2.33. The number of hydrogen-bond acceptors (Lipinski definition) is 0. The molecule has 4 aromatic carbocycles. The summed E-state index contributed by atoms with van der Waals surface area (Å²) in [5, 5.41) is 0. The van der Waals surface area contributed by atoms with Gasteiger partial charge < -0.3 is 0 Å². The van der Waals surface area contributed by atoms with Crippen molar-refractivity contribution in [1.82, 2.24) is 0 Å². The van der Waals surface area contributed by atoms with Crippen LogP contribution in [0.4, 0.5) is 0 Å². The second kappa shape index (κ2) is 5.22. The minimum absolute atomic E-state index is 0.334. The Bertz CT molecular complexity index is 1130. The standard InChI is InChI=1S/C25H17B/c1-2-8-20-17(7-1)15-18-13-14-19(16-23(18)20)26-24-11-5-3-9-21(24)22-10-4-6-12-25(22)26/h1-14,16H,15H2. The molecule has 0 saturated heterocycles. The van der Waals surface area contributed by atoms with Crippen LogP contribution in [-0.2, 0) is 6.42 Å². The molecule has 0 spiro atoms. The number of benzene rings is 4. The van der Waals surface area contributed by atoms with E-state index < -0.39 is 0 Å². The normalized spacial score (nSPS) is 13.2. The van der Waals surface area contributed by atoms with E-state index in [2.05, 4.69) is 91.0 Å². The summed E-state index contributed by atoms with van der Waals surface area (Å²) in [5.41, 5.74) is 12.8. The third-order valence-corrected chi connectivity index (χ3v) is 5.99.